The average molecular weight is 285 g/mol. The van der Waals surface area contributed by atoms with Crippen molar-refractivity contribution < 1.29 is 82.3 Å². The van der Waals surface area contributed by atoms with Crippen LogP contribution in [0.5, 0.6) is 0 Å². The van der Waals surface area contributed by atoms with E-state index < -0.39 is 44.0 Å². The van der Waals surface area contributed by atoms with Gasteiger partial charge in [-0.05, 0) is 12.5 Å². The smallest absolute Gasteiger partial charge is 0.445 e. The molecule has 0 bridgehead atoms. The predicted molar refractivity (Wildman–Crippen MR) is 44.4 cm³/mol. The predicted octanol–water partition coefficient (Wildman–Crippen LogP) is -0.902. The first-order chi connectivity index (χ1) is 7.09. The largest absolute Gasteiger partial charge is 1.00 e. The molecule has 1 aliphatic rings. The first kappa shape index (κ1) is 17.5. The zero-order valence-electron chi connectivity index (χ0n) is 8.90. The molecule has 0 spiro atoms. The number of hydrogen-bond donors (Lipinski definition) is 0. The summed E-state index contributed by atoms with van der Waals surface area (Å²) >= 11 is 0. The van der Waals surface area contributed by atoms with E-state index in [0.717, 1.165) is 0 Å². The van der Waals surface area contributed by atoms with Gasteiger partial charge in [0.15, 0.2) is 0 Å². The first-order valence-electron chi connectivity index (χ1n) is 4.35. The van der Waals surface area contributed by atoms with Crippen molar-refractivity contribution in [1.82, 2.24) is 4.90 Å². The number of nitrogens with zero attached hydrogens (tertiary/aromatic N) is 1. The third-order valence-corrected chi connectivity index (χ3v) is 2.08. The third kappa shape index (κ3) is 5.77. The van der Waals surface area contributed by atoms with E-state index in [-0.39, 0.29) is 57.5 Å². The Balaban J connectivity index is 0.00000256. The Morgan fingerprint density at radius 1 is 1.29 bits per heavy atom. The van der Waals surface area contributed by atoms with Crippen LogP contribution in [-0.4, -0.2) is 37.1 Å². The summed E-state index contributed by atoms with van der Waals surface area (Å²) in [5, 5.41) is 0. The number of hydrogen-bond acceptors (Lipinski definition) is 1. The van der Waals surface area contributed by atoms with Crippen LogP contribution in [0.3, 0.4) is 0 Å². The molecule has 1 amide bonds. The van der Waals surface area contributed by atoms with E-state index in [1.165, 1.54) is 0 Å². The van der Waals surface area contributed by atoms with Crippen molar-refractivity contribution >= 4 is 12.9 Å². The molecule has 10 heteroatoms. The van der Waals surface area contributed by atoms with Crippen LogP contribution in [0.25, 0.3) is 0 Å². The molecule has 0 unspecified atom stereocenters. The molecule has 0 atom stereocenters. The maximum absolute atomic E-state index is 12.2. The van der Waals surface area contributed by atoms with Gasteiger partial charge in [-0.2, -0.15) is 13.2 Å². The van der Waals surface area contributed by atoms with Gasteiger partial charge in [-0.25, -0.2) is 0 Å². The summed E-state index contributed by atoms with van der Waals surface area (Å²) in [5.74, 6) is -1.24. The third-order valence-electron chi connectivity index (χ3n) is 2.08. The Morgan fingerprint density at radius 3 is 2.18 bits per heavy atom. The topological polar surface area (TPSA) is 20.3 Å². The minimum Gasteiger partial charge on any atom is -0.445 e. The fraction of sp³-hybridized carbons (Fsp3) is 0.571. The maximum Gasteiger partial charge on any atom is 1.00 e. The molecule has 0 aromatic rings. The molecule has 0 N–H and O–H groups in total. The zero-order chi connectivity index (χ0) is 12.6. The van der Waals surface area contributed by atoms with Gasteiger partial charge in [0.2, 0.25) is 5.91 Å². The summed E-state index contributed by atoms with van der Waals surface area (Å²) < 4.78 is 72.3. The van der Waals surface area contributed by atoms with Gasteiger partial charge in [0, 0.05) is 6.54 Å². The second kappa shape index (κ2) is 6.09. The summed E-state index contributed by atoms with van der Waals surface area (Å²) in [6, 6.07) is 0. The molecule has 92 valence electrons. The van der Waals surface area contributed by atoms with Gasteiger partial charge in [-0.3, -0.25) is 4.79 Å². The number of halogens is 6. The van der Waals surface area contributed by atoms with E-state index in [2.05, 4.69) is 0 Å². The van der Waals surface area contributed by atoms with Gasteiger partial charge in [0.05, 0.1) is 0 Å². The first-order valence-corrected chi connectivity index (χ1v) is 4.35. The molecule has 0 aromatic carbocycles. The molecule has 0 aliphatic carbocycles. The Hall–Kier alpha value is 0.491. The van der Waals surface area contributed by atoms with Crippen LogP contribution in [0.4, 0.5) is 26.1 Å². The van der Waals surface area contributed by atoms with Crippen molar-refractivity contribution in [3.63, 3.8) is 0 Å². The standard InChI is InChI=1S/C7H7BF6NO.K/c9-7(10,11)4-15-2-1-5(3-6(15)16)8(12,13)14;/h3H,1-2,4H2;/q-1;+1. The van der Waals surface area contributed by atoms with E-state index in [1.54, 1.807) is 0 Å². The zero-order valence-corrected chi connectivity index (χ0v) is 12.0. The molecule has 1 rings (SSSR count). The Morgan fingerprint density at radius 2 is 1.82 bits per heavy atom. The van der Waals surface area contributed by atoms with Crippen LogP contribution in [0, 0.1) is 0 Å². The van der Waals surface area contributed by atoms with Crippen molar-refractivity contribution in [2.45, 2.75) is 12.6 Å². The van der Waals surface area contributed by atoms with E-state index in [1.807, 2.05) is 0 Å². The summed E-state index contributed by atoms with van der Waals surface area (Å²) in [4.78, 5) is 11.3. The molecule has 0 saturated carbocycles. The van der Waals surface area contributed by atoms with Crippen molar-refractivity contribution in [1.29, 1.82) is 0 Å². The summed E-state index contributed by atoms with van der Waals surface area (Å²) in [6.07, 6.45) is -4.93. The van der Waals surface area contributed by atoms with Gasteiger partial charge in [0.25, 0.3) is 0 Å². The van der Waals surface area contributed by atoms with Gasteiger partial charge >= 0.3 is 64.5 Å². The van der Waals surface area contributed by atoms with Gasteiger partial charge in [0.1, 0.15) is 6.54 Å². The van der Waals surface area contributed by atoms with Crippen LogP contribution >= 0.6 is 0 Å². The molecular formula is C7H7BF6KNO. The maximum atomic E-state index is 12.2. The van der Waals surface area contributed by atoms with Crippen LogP contribution in [0.1, 0.15) is 6.42 Å². The Labute approximate surface area is 136 Å². The SMILES string of the molecule is O=C1C=C([B-](F)(F)F)CCN1CC(F)(F)F.[K+]. The van der Waals surface area contributed by atoms with Crippen molar-refractivity contribution in [3.8, 4) is 0 Å². The number of amides is 1. The molecule has 0 aromatic heterocycles. The van der Waals surface area contributed by atoms with Crippen molar-refractivity contribution in [2.24, 2.45) is 0 Å². The van der Waals surface area contributed by atoms with E-state index >= 15 is 0 Å². The van der Waals surface area contributed by atoms with Crippen LogP contribution < -0.4 is 51.4 Å². The number of carbonyl (C=O) groups is 1. The molecule has 1 heterocycles. The van der Waals surface area contributed by atoms with Gasteiger partial charge < -0.3 is 17.8 Å². The fourth-order valence-electron chi connectivity index (χ4n) is 1.33. The summed E-state index contributed by atoms with van der Waals surface area (Å²) in [6.45, 7) is -7.35. The van der Waals surface area contributed by atoms with Gasteiger partial charge in [-0.1, -0.05) is 0 Å². The van der Waals surface area contributed by atoms with Crippen molar-refractivity contribution in [3.05, 3.63) is 11.5 Å². The van der Waals surface area contributed by atoms with Gasteiger partial charge in [-0.15, -0.1) is 5.47 Å². The molecule has 17 heavy (non-hydrogen) atoms. The molecule has 0 saturated heterocycles. The Kier molecular flexibility index (Phi) is 6.27. The molecule has 0 radical (unpaired) electrons. The summed E-state index contributed by atoms with van der Waals surface area (Å²) in [5.41, 5.74) is -1.02. The molecule has 1 aliphatic heterocycles. The van der Waals surface area contributed by atoms with E-state index in [9.17, 15) is 30.9 Å². The summed E-state index contributed by atoms with van der Waals surface area (Å²) in [7, 11) is 0. The number of rotatable bonds is 2. The van der Waals surface area contributed by atoms with Crippen LogP contribution in [0.2, 0.25) is 0 Å². The fourth-order valence-corrected chi connectivity index (χ4v) is 1.33. The number of carbonyl (C=O) groups excluding carboxylic acids is 1. The second-order valence-electron chi connectivity index (χ2n) is 3.42. The molecule has 2 nitrogen and oxygen atoms in total. The van der Waals surface area contributed by atoms with Crippen LogP contribution in [0.15, 0.2) is 11.5 Å². The average Bonchev–Trinajstić information content (AvgIpc) is 2.04. The number of alkyl halides is 3. The Bertz CT molecular complexity index is 325. The minimum atomic E-state index is -5.28. The normalized spacial score (nSPS) is 17.6. The minimum absolute atomic E-state index is 0. The molecule has 0 fully saturated rings. The second-order valence-corrected chi connectivity index (χ2v) is 3.42. The quantitative estimate of drug-likeness (QED) is 0.475. The van der Waals surface area contributed by atoms with Crippen LogP contribution in [-0.2, 0) is 4.79 Å². The molecular weight excluding hydrogens is 278 g/mol. The van der Waals surface area contributed by atoms with E-state index in [4.69, 9.17) is 0 Å². The monoisotopic (exact) mass is 285 g/mol. The van der Waals surface area contributed by atoms with Crippen molar-refractivity contribution in [2.75, 3.05) is 13.1 Å². The van der Waals surface area contributed by atoms with E-state index in [0.29, 0.717) is 4.90 Å².